The Kier molecular flexibility index (Phi) is 6.24. The predicted molar refractivity (Wildman–Crippen MR) is 117 cm³/mol. The van der Waals surface area contributed by atoms with Crippen LogP contribution in [-0.4, -0.2) is 48.0 Å². The largest absolute Gasteiger partial charge is 0.397 e. The van der Waals surface area contributed by atoms with Crippen LogP contribution < -0.4 is 16.8 Å². The standard InChI is InChI=1S/C18H20Cl2N6OS/c1-26(2)7-3-6-23-18-24-14(9-4-5-10(19)11(20)8-9)12-13(21)15(16(22)27)28-17(12)25-18/h4-5,8H,3,6-7,21H2,1-2H3,(H2,22,27)(H,23,24,25). The Balaban J connectivity index is 2.09. The number of thiophene rings is 1. The van der Waals surface area contributed by atoms with Gasteiger partial charge in [0.25, 0.3) is 5.91 Å². The molecular weight excluding hydrogens is 419 g/mol. The van der Waals surface area contributed by atoms with Gasteiger partial charge in [0, 0.05) is 12.1 Å². The van der Waals surface area contributed by atoms with Crippen molar-refractivity contribution >= 4 is 62.3 Å². The maximum Gasteiger partial charge on any atom is 0.260 e. The number of nitrogen functional groups attached to an aromatic ring is 1. The lowest BCUT2D eigenvalue weighted by molar-refractivity contribution is 0.100. The quantitative estimate of drug-likeness (QED) is 0.484. The van der Waals surface area contributed by atoms with Crippen LogP contribution in [0.4, 0.5) is 11.6 Å². The van der Waals surface area contributed by atoms with E-state index in [4.69, 9.17) is 34.7 Å². The number of anilines is 2. The molecule has 3 aromatic rings. The molecule has 0 radical (unpaired) electrons. The third kappa shape index (κ3) is 4.30. The van der Waals surface area contributed by atoms with Crippen molar-refractivity contribution in [3.8, 4) is 11.3 Å². The highest BCUT2D eigenvalue weighted by Gasteiger charge is 2.21. The summed E-state index contributed by atoms with van der Waals surface area (Å²) < 4.78 is 0. The molecule has 0 saturated carbocycles. The van der Waals surface area contributed by atoms with Crippen molar-refractivity contribution in [2.45, 2.75) is 6.42 Å². The minimum Gasteiger partial charge on any atom is -0.397 e. The van der Waals surface area contributed by atoms with E-state index >= 15 is 0 Å². The summed E-state index contributed by atoms with van der Waals surface area (Å²) in [4.78, 5) is 23.8. The third-order valence-electron chi connectivity index (χ3n) is 4.07. The van der Waals surface area contributed by atoms with Gasteiger partial charge in [0.15, 0.2) is 0 Å². The minimum absolute atomic E-state index is 0.260. The molecule has 3 rings (SSSR count). The average Bonchev–Trinajstić information content (AvgIpc) is 2.97. The Morgan fingerprint density at radius 3 is 2.64 bits per heavy atom. The fraction of sp³-hybridized carbons (Fsp3) is 0.278. The van der Waals surface area contributed by atoms with E-state index in [1.807, 2.05) is 14.1 Å². The molecule has 10 heteroatoms. The molecular formula is C18H20Cl2N6OS. The molecule has 0 aliphatic rings. The number of hydrogen-bond donors (Lipinski definition) is 3. The van der Waals surface area contributed by atoms with Crippen LogP contribution in [0.3, 0.4) is 0 Å². The Hall–Kier alpha value is -2.13. The topological polar surface area (TPSA) is 110 Å². The number of fused-ring (bicyclic) bond motifs is 1. The van der Waals surface area contributed by atoms with Crippen molar-refractivity contribution in [2.24, 2.45) is 5.73 Å². The summed E-state index contributed by atoms with van der Waals surface area (Å²) in [6.45, 7) is 1.64. The summed E-state index contributed by atoms with van der Waals surface area (Å²) in [6, 6.07) is 5.20. The van der Waals surface area contributed by atoms with Gasteiger partial charge in [-0.1, -0.05) is 29.3 Å². The Bertz CT molecular complexity index is 1040. The summed E-state index contributed by atoms with van der Waals surface area (Å²) in [6.07, 6.45) is 0.926. The lowest BCUT2D eigenvalue weighted by atomic mass is 10.1. The first-order valence-corrected chi connectivity index (χ1v) is 10.1. The second kappa shape index (κ2) is 8.48. The van der Waals surface area contributed by atoms with Gasteiger partial charge in [-0.2, -0.15) is 0 Å². The maximum absolute atomic E-state index is 11.7. The number of nitrogens with zero attached hydrogens (tertiary/aromatic N) is 3. The molecule has 0 fully saturated rings. The van der Waals surface area contributed by atoms with Crippen LogP contribution in [0.2, 0.25) is 10.0 Å². The summed E-state index contributed by atoms with van der Waals surface area (Å²) in [5.74, 6) is -0.148. The summed E-state index contributed by atoms with van der Waals surface area (Å²) in [5, 5.41) is 4.64. The Morgan fingerprint density at radius 2 is 2.00 bits per heavy atom. The van der Waals surface area contributed by atoms with Crippen molar-refractivity contribution in [3.63, 3.8) is 0 Å². The first-order chi connectivity index (χ1) is 13.3. The molecule has 0 spiro atoms. The van der Waals surface area contributed by atoms with Crippen LogP contribution in [0.5, 0.6) is 0 Å². The molecule has 1 amide bonds. The second-order valence-electron chi connectivity index (χ2n) is 6.50. The van der Waals surface area contributed by atoms with Crippen LogP contribution in [0, 0.1) is 0 Å². The van der Waals surface area contributed by atoms with E-state index in [2.05, 4.69) is 20.2 Å². The summed E-state index contributed by atoms with van der Waals surface area (Å²) >= 11 is 13.4. The highest BCUT2D eigenvalue weighted by molar-refractivity contribution is 7.21. The normalized spacial score (nSPS) is 11.3. The number of nitrogens with one attached hydrogen (secondary N) is 1. The average molecular weight is 439 g/mol. The molecule has 0 unspecified atom stereocenters. The molecule has 0 atom stereocenters. The van der Waals surface area contributed by atoms with Crippen molar-refractivity contribution in [1.82, 2.24) is 14.9 Å². The van der Waals surface area contributed by atoms with Gasteiger partial charge >= 0.3 is 0 Å². The molecule has 2 aromatic heterocycles. The van der Waals surface area contributed by atoms with E-state index in [1.165, 1.54) is 0 Å². The molecule has 7 nitrogen and oxygen atoms in total. The molecule has 5 N–H and O–H groups in total. The van der Waals surface area contributed by atoms with Crippen molar-refractivity contribution in [2.75, 3.05) is 38.2 Å². The molecule has 2 heterocycles. The van der Waals surface area contributed by atoms with E-state index in [9.17, 15) is 4.79 Å². The second-order valence-corrected chi connectivity index (χ2v) is 8.31. The van der Waals surface area contributed by atoms with Gasteiger partial charge in [0.2, 0.25) is 5.95 Å². The molecule has 0 aliphatic carbocycles. The molecule has 28 heavy (non-hydrogen) atoms. The van der Waals surface area contributed by atoms with Crippen molar-refractivity contribution in [1.29, 1.82) is 0 Å². The summed E-state index contributed by atoms with van der Waals surface area (Å²) in [5.41, 5.74) is 13.2. The molecule has 148 valence electrons. The van der Waals surface area contributed by atoms with E-state index < -0.39 is 5.91 Å². The summed E-state index contributed by atoms with van der Waals surface area (Å²) in [7, 11) is 4.04. The Morgan fingerprint density at radius 1 is 1.25 bits per heavy atom. The van der Waals surface area contributed by atoms with Gasteiger partial charge < -0.3 is 21.7 Å². The number of hydrogen-bond acceptors (Lipinski definition) is 7. The van der Waals surface area contributed by atoms with Crippen LogP contribution in [-0.2, 0) is 0 Å². The zero-order valence-corrected chi connectivity index (χ0v) is 17.8. The van der Waals surface area contributed by atoms with E-state index in [-0.39, 0.29) is 10.6 Å². The number of halogens is 2. The first-order valence-electron chi connectivity index (χ1n) is 8.51. The molecule has 0 saturated heterocycles. The van der Waals surface area contributed by atoms with E-state index in [1.54, 1.807) is 18.2 Å². The lowest BCUT2D eigenvalue weighted by Gasteiger charge is -2.11. The number of benzene rings is 1. The SMILES string of the molecule is CN(C)CCCNc1nc(-c2ccc(Cl)c(Cl)c2)c2c(N)c(C(N)=O)sc2n1. The smallest absolute Gasteiger partial charge is 0.260 e. The maximum atomic E-state index is 11.7. The lowest BCUT2D eigenvalue weighted by Crippen LogP contribution is -2.17. The van der Waals surface area contributed by atoms with E-state index in [0.717, 1.165) is 29.9 Å². The minimum atomic E-state index is -0.596. The highest BCUT2D eigenvalue weighted by Crippen LogP contribution is 2.40. The van der Waals surface area contributed by atoms with Gasteiger partial charge in [-0.3, -0.25) is 4.79 Å². The molecule has 0 bridgehead atoms. The Labute approximate surface area is 176 Å². The first kappa shape index (κ1) is 20.6. The van der Waals surface area contributed by atoms with Gasteiger partial charge in [0.1, 0.15) is 9.71 Å². The molecule has 0 aliphatic heterocycles. The number of rotatable bonds is 7. The van der Waals surface area contributed by atoms with Crippen molar-refractivity contribution < 1.29 is 4.79 Å². The predicted octanol–water partition coefficient (Wildman–Crippen LogP) is 3.71. The zero-order valence-electron chi connectivity index (χ0n) is 15.4. The number of nitrogens with two attached hydrogens (primary N) is 2. The number of primary amides is 1. The van der Waals surface area contributed by atoms with Crippen LogP contribution >= 0.6 is 34.5 Å². The number of carbonyl (C=O) groups is 1. The van der Waals surface area contributed by atoms with Crippen LogP contribution in [0.1, 0.15) is 16.1 Å². The number of aromatic nitrogens is 2. The fourth-order valence-electron chi connectivity index (χ4n) is 2.73. The number of amides is 1. The fourth-order valence-corrected chi connectivity index (χ4v) is 3.98. The van der Waals surface area contributed by atoms with Crippen LogP contribution in [0.15, 0.2) is 18.2 Å². The van der Waals surface area contributed by atoms with Gasteiger partial charge in [-0.25, -0.2) is 9.97 Å². The molecule has 1 aromatic carbocycles. The van der Waals surface area contributed by atoms with Crippen molar-refractivity contribution in [3.05, 3.63) is 33.1 Å². The third-order valence-corrected chi connectivity index (χ3v) is 5.92. The van der Waals surface area contributed by atoms with Gasteiger partial charge in [-0.15, -0.1) is 11.3 Å². The van der Waals surface area contributed by atoms with E-state index in [0.29, 0.717) is 38.4 Å². The van der Waals surface area contributed by atoms with Gasteiger partial charge in [0.05, 0.1) is 26.8 Å². The van der Waals surface area contributed by atoms with Gasteiger partial charge in [-0.05, 0) is 39.2 Å². The highest BCUT2D eigenvalue weighted by atomic mass is 35.5. The zero-order chi connectivity index (χ0) is 20.4. The van der Waals surface area contributed by atoms with Crippen LogP contribution in [0.25, 0.3) is 21.5 Å². The monoisotopic (exact) mass is 438 g/mol. The number of carbonyl (C=O) groups excluding carboxylic acids is 1.